The van der Waals surface area contributed by atoms with Crippen molar-refractivity contribution in [3.05, 3.63) is 48.0 Å². The highest BCUT2D eigenvalue weighted by Crippen LogP contribution is 2.34. The Morgan fingerprint density at radius 3 is 2.38 bits per heavy atom. The van der Waals surface area contributed by atoms with Crippen molar-refractivity contribution in [2.75, 3.05) is 52.3 Å². The van der Waals surface area contributed by atoms with Crippen LogP contribution in [0.4, 0.5) is 5.13 Å². The van der Waals surface area contributed by atoms with Crippen molar-refractivity contribution in [1.29, 1.82) is 0 Å². The minimum Gasteiger partial charge on any atom is -1.00 e. The third-order valence-electron chi connectivity index (χ3n) is 5.64. The zero-order valence-electron chi connectivity index (χ0n) is 19.4. The Balaban J connectivity index is 0.00000324. The van der Waals surface area contributed by atoms with Crippen molar-refractivity contribution in [1.82, 2.24) is 14.2 Å². The number of aromatic nitrogens is 1. The number of para-hydroxylation sites is 1. The average Bonchev–Trinajstić information content (AvgIpc) is 3.49. The average molecular weight is 524 g/mol. The summed E-state index contributed by atoms with van der Waals surface area (Å²) in [4.78, 5) is 22.0. The van der Waals surface area contributed by atoms with Crippen molar-refractivity contribution in [3.63, 3.8) is 0 Å². The van der Waals surface area contributed by atoms with Crippen LogP contribution in [0, 0.1) is 0 Å². The normalized spacial score (nSPS) is 14.4. The van der Waals surface area contributed by atoms with Crippen molar-refractivity contribution in [2.45, 2.75) is 17.7 Å². The molecule has 0 atom stereocenters. The maximum atomic E-state index is 13.5. The molecule has 3 aromatic rings. The Kier molecular flexibility index (Phi) is 8.53. The molecule has 11 heteroatoms. The molecular weight excluding hydrogens is 496 g/mol. The third-order valence-corrected chi connectivity index (χ3v) is 8.60. The molecule has 2 heterocycles. The molecule has 1 aliphatic rings. The number of likely N-dealkylation sites (N-methyl/N-ethyl adjacent to an activating group) is 1. The molecule has 8 nitrogen and oxygen atoms in total. The van der Waals surface area contributed by atoms with E-state index in [9.17, 15) is 13.2 Å². The predicted molar refractivity (Wildman–Crippen MR) is 131 cm³/mol. The molecule has 34 heavy (non-hydrogen) atoms. The van der Waals surface area contributed by atoms with Gasteiger partial charge in [-0.05, 0) is 63.3 Å². The van der Waals surface area contributed by atoms with Gasteiger partial charge in [0.25, 0.3) is 5.91 Å². The van der Waals surface area contributed by atoms with E-state index in [1.807, 2.05) is 37.2 Å². The van der Waals surface area contributed by atoms with E-state index >= 15 is 0 Å². The van der Waals surface area contributed by atoms with Crippen LogP contribution in [0.1, 0.15) is 23.2 Å². The number of hydrogen-bond donors (Lipinski definition) is 0. The monoisotopic (exact) mass is 523 g/mol. The van der Waals surface area contributed by atoms with Gasteiger partial charge in [0.05, 0.1) is 16.7 Å². The molecule has 0 aliphatic carbocycles. The number of carbonyl (C=O) groups is 1. The first-order valence-corrected chi connectivity index (χ1v) is 13.1. The molecule has 0 unspecified atom stereocenters. The topological polar surface area (TPSA) is 83.0 Å². The Hall–Kier alpha value is -2.24. The van der Waals surface area contributed by atoms with Gasteiger partial charge in [-0.2, -0.15) is 4.31 Å². The second kappa shape index (κ2) is 11.0. The van der Waals surface area contributed by atoms with Crippen LogP contribution in [0.2, 0.25) is 0 Å². The number of nitrogens with zero attached hydrogens (tertiary/aromatic N) is 4. The van der Waals surface area contributed by atoms with Gasteiger partial charge in [-0.3, -0.25) is 9.69 Å². The summed E-state index contributed by atoms with van der Waals surface area (Å²) in [6.45, 7) is 2.19. The summed E-state index contributed by atoms with van der Waals surface area (Å²) in [7, 11) is 1.97. The summed E-state index contributed by atoms with van der Waals surface area (Å²) >= 11 is 1.43. The van der Waals surface area contributed by atoms with Gasteiger partial charge < -0.3 is 22.0 Å². The second-order valence-electron chi connectivity index (χ2n) is 8.20. The van der Waals surface area contributed by atoms with Gasteiger partial charge in [0.2, 0.25) is 10.0 Å². The Morgan fingerprint density at radius 1 is 1.09 bits per heavy atom. The zero-order valence-corrected chi connectivity index (χ0v) is 21.8. The molecule has 1 saturated heterocycles. The van der Waals surface area contributed by atoms with E-state index < -0.39 is 10.0 Å². The number of ether oxygens (including phenoxy) is 1. The second-order valence-corrected chi connectivity index (χ2v) is 11.1. The number of methoxy groups -OCH3 is 1. The van der Waals surface area contributed by atoms with Crippen LogP contribution in [0.3, 0.4) is 0 Å². The van der Waals surface area contributed by atoms with E-state index in [0.29, 0.717) is 42.6 Å². The molecule has 1 aliphatic heterocycles. The van der Waals surface area contributed by atoms with Gasteiger partial charge >= 0.3 is 0 Å². The lowest BCUT2D eigenvalue weighted by Crippen LogP contribution is -3.00. The number of rotatable bonds is 8. The van der Waals surface area contributed by atoms with Gasteiger partial charge in [-0.15, -0.1) is 0 Å². The van der Waals surface area contributed by atoms with E-state index in [2.05, 4.69) is 0 Å². The number of benzene rings is 2. The highest BCUT2D eigenvalue weighted by molar-refractivity contribution is 7.89. The summed E-state index contributed by atoms with van der Waals surface area (Å²) in [6.07, 6.45) is 1.76. The molecule has 184 valence electrons. The van der Waals surface area contributed by atoms with E-state index in [1.54, 1.807) is 24.1 Å². The zero-order chi connectivity index (χ0) is 23.6. The lowest BCUT2D eigenvalue weighted by molar-refractivity contribution is -0.0000172. The van der Waals surface area contributed by atoms with E-state index in [1.165, 1.54) is 27.8 Å². The van der Waals surface area contributed by atoms with Crippen LogP contribution >= 0.6 is 11.3 Å². The molecule has 1 fully saturated rings. The van der Waals surface area contributed by atoms with E-state index in [-0.39, 0.29) is 23.2 Å². The quantitative estimate of drug-likeness (QED) is 0.422. The lowest BCUT2D eigenvalue weighted by Gasteiger charge is -2.22. The standard InChI is InChI=1S/C23H28N4O4S2.ClH/c1-25(2)15-16-27(23-24-21-19(31-3)7-6-8-20(21)32-23)22(28)17-9-11-18(12-10-17)33(29,30)26-13-4-5-14-26;/h6-12H,4-5,13-16H2,1-3H3;1H/p-1. The Labute approximate surface area is 210 Å². The molecule has 0 radical (unpaired) electrons. The highest BCUT2D eigenvalue weighted by Gasteiger charge is 2.28. The van der Waals surface area contributed by atoms with Crippen LogP contribution in [-0.4, -0.2) is 75.9 Å². The van der Waals surface area contributed by atoms with Gasteiger partial charge in [0.1, 0.15) is 11.3 Å². The van der Waals surface area contributed by atoms with Crippen molar-refractivity contribution < 1.29 is 30.4 Å². The summed E-state index contributed by atoms with van der Waals surface area (Å²) in [5, 5.41) is 0.579. The largest absolute Gasteiger partial charge is 1.00 e. The Morgan fingerprint density at radius 2 is 1.76 bits per heavy atom. The number of hydrogen-bond acceptors (Lipinski definition) is 7. The molecule has 0 saturated carbocycles. The molecular formula is C23H28ClN4O4S2-. The van der Waals surface area contributed by atoms with Crippen molar-refractivity contribution in [3.8, 4) is 5.75 Å². The number of thiazole rings is 1. The smallest absolute Gasteiger partial charge is 0.260 e. The minimum atomic E-state index is -3.52. The number of halogens is 1. The summed E-state index contributed by atoms with van der Waals surface area (Å²) in [6, 6.07) is 11.9. The number of amides is 1. The van der Waals surface area contributed by atoms with Crippen LogP contribution in [-0.2, 0) is 10.0 Å². The van der Waals surface area contributed by atoms with Gasteiger partial charge in [-0.25, -0.2) is 13.4 Å². The summed E-state index contributed by atoms with van der Waals surface area (Å²) in [5.74, 6) is 0.437. The first kappa shape index (κ1) is 26.4. The first-order chi connectivity index (χ1) is 15.8. The maximum Gasteiger partial charge on any atom is 0.260 e. The molecule has 4 rings (SSSR count). The fourth-order valence-electron chi connectivity index (χ4n) is 3.78. The van der Waals surface area contributed by atoms with Crippen LogP contribution in [0.15, 0.2) is 47.4 Å². The SMILES string of the molecule is COc1cccc2sc(N(CCN(C)C)C(=O)c3ccc(S(=O)(=O)N4CCCC4)cc3)nc12.[Cl-]. The number of anilines is 1. The third kappa shape index (κ3) is 5.36. The molecule has 2 aromatic carbocycles. The van der Waals surface area contributed by atoms with Gasteiger partial charge in [-0.1, -0.05) is 17.4 Å². The number of carbonyl (C=O) groups excluding carboxylic acids is 1. The van der Waals surface area contributed by atoms with Crippen molar-refractivity contribution >= 4 is 42.6 Å². The maximum absolute atomic E-state index is 13.5. The summed E-state index contributed by atoms with van der Waals surface area (Å²) < 4.78 is 33.5. The fraction of sp³-hybridized carbons (Fsp3) is 0.391. The van der Waals surface area contributed by atoms with E-state index in [4.69, 9.17) is 9.72 Å². The Bertz CT molecular complexity index is 1240. The highest BCUT2D eigenvalue weighted by atomic mass is 35.5. The van der Waals surface area contributed by atoms with Crippen LogP contribution in [0.5, 0.6) is 5.75 Å². The van der Waals surface area contributed by atoms with Crippen LogP contribution in [0.25, 0.3) is 10.2 Å². The first-order valence-electron chi connectivity index (χ1n) is 10.8. The summed E-state index contributed by atoms with van der Waals surface area (Å²) in [5.41, 5.74) is 1.13. The fourth-order valence-corrected chi connectivity index (χ4v) is 6.30. The molecule has 1 aromatic heterocycles. The van der Waals surface area contributed by atoms with Crippen molar-refractivity contribution in [2.24, 2.45) is 0 Å². The molecule has 0 N–H and O–H groups in total. The van der Waals surface area contributed by atoms with Gasteiger partial charge in [0.15, 0.2) is 5.13 Å². The van der Waals surface area contributed by atoms with Gasteiger partial charge in [0, 0.05) is 31.7 Å². The molecule has 0 spiro atoms. The van der Waals surface area contributed by atoms with Crippen LogP contribution < -0.4 is 22.0 Å². The number of fused-ring (bicyclic) bond motifs is 1. The lowest BCUT2D eigenvalue weighted by atomic mass is 10.2. The minimum absolute atomic E-state index is 0. The molecule has 0 bridgehead atoms. The predicted octanol–water partition coefficient (Wildman–Crippen LogP) is 0.302. The van der Waals surface area contributed by atoms with E-state index in [0.717, 1.165) is 23.1 Å². The molecule has 1 amide bonds. The number of sulfonamides is 1.